The first kappa shape index (κ1) is 23.0. The van der Waals surface area contributed by atoms with Crippen molar-refractivity contribution in [3.8, 4) is 0 Å². The topological polar surface area (TPSA) is 65.1 Å². The molecule has 0 aromatic rings. The zero-order chi connectivity index (χ0) is 22.4. The molecule has 2 heterocycles. The number of fused-ring (bicyclic) bond motifs is 3. The van der Waals surface area contributed by atoms with Gasteiger partial charge in [-0.05, 0) is 44.5 Å². The first-order chi connectivity index (χ1) is 13.9. The van der Waals surface area contributed by atoms with Crippen LogP contribution in [0.1, 0.15) is 19.3 Å². The SMILES string of the molecule is C=CCOC(=O)C1=C2[C@@H](OC)CCC[C@@H]2[C@@H]2[C@@H]([C@H](O[Si](C)(C)C)C(F)(F)F)C(=O)N12. The Labute approximate surface area is 175 Å². The number of ether oxygens (including phenoxy) is 2. The van der Waals surface area contributed by atoms with Gasteiger partial charge in [0.15, 0.2) is 14.4 Å². The van der Waals surface area contributed by atoms with Crippen LogP contribution in [0.15, 0.2) is 23.9 Å². The maximum Gasteiger partial charge on any atom is 0.414 e. The highest BCUT2D eigenvalue weighted by Crippen LogP contribution is 2.54. The molecule has 168 valence electrons. The Bertz CT molecular complexity index is 761. The summed E-state index contributed by atoms with van der Waals surface area (Å²) >= 11 is 0. The van der Waals surface area contributed by atoms with Crippen LogP contribution in [0.4, 0.5) is 13.2 Å². The number of amides is 1. The lowest BCUT2D eigenvalue weighted by atomic mass is 9.71. The molecule has 2 fully saturated rings. The molecule has 0 unspecified atom stereocenters. The Kier molecular flexibility index (Phi) is 6.23. The second-order valence-electron chi connectivity index (χ2n) is 8.87. The summed E-state index contributed by atoms with van der Waals surface area (Å²) in [6.07, 6.45) is -3.97. The highest BCUT2D eigenvalue weighted by Gasteiger charge is 2.67. The third-order valence-electron chi connectivity index (χ3n) is 5.78. The number of β-lactam (4-membered cyclic amide) rings is 1. The molecule has 1 amide bonds. The van der Waals surface area contributed by atoms with Gasteiger partial charge in [-0.1, -0.05) is 12.7 Å². The van der Waals surface area contributed by atoms with E-state index in [9.17, 15) is 22.8 Å². The van der Waals surface area contributed by atoms with Crippen molar-refractivity contribution in [3.63, 3.8) is 0 Å². The summed E-state index contributed by atoms with van der Waals surface area (Å²) < 4.78 is 57.9. The quantitative estimate of drug-likeness (QED) is 0.259. The van der Waals surface area contributed by atoms with E-state index in [4.69, 9.17) is 13.9 Å². The molecule has 3 aliphatic rings. The van der Waals surface area contributed by atoms with Gasteiger partial charge in [0.2, 0.25) is 5.91 Å². The van der Waals surface area contributed by atoms with Crippen LogP contribution in [0.5, 0.6) is 0 Å². The third-order valence-corrected chi connectivity index (χ3v) is 6.74. The highest BCUT2D eigenvalue weighted by molar-refractivity contribution is 6.69. The van der Waals surface area contributed by atoms with E-state index >= 15 is 0 Å². The molecular formula is C20H28F3NO5Si. The van der Waals surface area contributed by atoms with Crippen LogP contribution in [-0.4, -0.2) is 63.2 Å². The molecule has 1 saturated carbocycles. The minimum atomic E-state index is -4.69. The summed E-state index contributed by atoms with van der Waals surface area (Å²) in [7, 11) is -1.11. The fourth-order valence-electron chi connectivity index (χ4n) is 4.81. The number of halogens is 3. The van der Waals surface area contributed by atoms with Crippen LogP contribution in [0.3, 0.4) is 0 Å². The van der Waals surface area contributed by atoms with Crippen molar-refractivity contribution in [2.45, 2.75) is 63.3 Å². The van der Waals surface area contributed by atoms with Gasteiger partial charge >= 0.3 is 12.1 Å². The predicted octanol–water partition coefficient (Wildman–Crippen LogP) is 3.41. The Morgan fingerprint density at radius 1 is 1.33 bits per heavy atom. The Hall–Kier alpha value is -1.65. The van der Waals surface area contributed by atoms with Crippen LogP contribution in [0, 0.1) is 11.8 Å². The second kappa shape index (κ2) is 8.12. The minimum Gasteiger partial charge on any atom is -0.457 e. The first-order valence-electron chi connectivity index (χ1n) is 10.0. The number of methoxy groups -OCH3 is 1. The standard InChI is InChI=1S/C20H28F3NO5Si/c1-6-10-28-19(26)16-13-11(8-7-9-12(13)27-2)15-14(18(25)24(15)16)17(20(21,22)23)29-30(3,4)5/h6,11-12,14-15,17H,1,7-10H2,2-5H3/t11-,12-,14-,15+,17-/m0/s1. The van der Waals surface area contributed by atoms with E-state index in [2.05, 4.69) is 6.58 Å². The third kappa shape index (κ3) is 3.96. The van der Waals surface area contributed by atoms with E-state index in [1.165, 1.54) is 18.1 Å². The average Bonchev–Trinajstić information content (AvgIpc) is 2.95. The van der Waals surface area contributed by atoms with Crippen LogP contribution in [-0.2, 0) is 23.5 Å². The molecule has 1 saturated heterocycles. The van der Waals surface area contributed by atoms with Crippen LogP contribution >= 0.6 is 0 Å². The number of esters is 1. The van der Waals surface area contributed by atoms with Crippen molar-refractivity contribution in [2.75, 3.05) is 13.7 Å². The number of alkyl halides is 3. The molecule has 0 N–H and O–H groups in total. The molecule has 0 spiro atoms. The molecule has 30 heavy (non-hydrogen) atoms. The number of carbonyl (C=O) groups excluding carboxylic acids is 2. The van der Waals surface area contributed by atoms with E-state index < -0.39 is 50.5 Å². The molecule has 1 aliphatic carbocycles. The number of hydrogen-bond acceptors (Lipinski definition) is 5. The van der Waals surface area contributed by atoms with Gasteiger partial charge < -0.3 is 18.8 Å². The highest BCUT2D eigenvalue weighted by atomic mass is 28.4. The van der Waals surface area contributed by atoms with Gasteiger partial charge in [-0.2, -0.15) is 13.2 Å². The molecule has 6 nitrogen and oxygen atoms in total. The lowest BCUT2D eigenvalue weighted by Crippen LogP contribution is -2.68. The van der Waals surface area contributed by atoms with Gasteiger partial charge in [0.1, 0.15) is 12.3 Å². The molecule has 0 bridgehead atoms. The van der Waals surface area contributed by atoms with Crippen molar-refractivity contribution >= 4 is 20.2 Å². The van der Waals surface area contributed by atoms with Gasteiger partial charge in [0.05, 0.1) is 18.1 Å². The molecule has 0 aromatic heterocycles. The first-order valence-corrected chi connectivity index (χ1v) is 13.5. The fourth-order valence-corrected chi connectivity index (χ4v) is 5.86. The van der Waals surface area contributed by atoms with Gasteiger partial charge in [0, 0.05) is 13.0 Å². The molecule has 0 aromatic carbocycles. The Morgan fingerprint density at radius 3 is 2.53 bits per heavy atom. The van der Waals surface area contributed by atoms with Gasteiger partial charge in [-0.3, -0.25) is 4.79 Å². The molecule has 10 heteroatoms. The minimum absolute atomic E-state index is 0.0357. The summed E-state index contributed by atoms with van der Waals surface area (Å²) in [4.78, 5) is 26.9. The van der Waals surface area contributed by atoms with Crippen LogP contribution < -0.4 is 0 Å². The van der Waals surface area contributed by atoms with Crippen molar-refractivity contribution in [1.29, 1.82) is 0 Å². The van der Waals surface area contributed by atoms with E-state index in [1.807, 2.05) is 0 Å². The summed E-state index contributed by atoms with van der Waals surface area (Å²) in [6, 6.07) is -0.778. The van der Waals surface area contributed by atoms with Crippen molar-refractivity contribution in [3.05, 3.63) is 23.9 Å². The molecule has 2 aliphatic heterocycles. The number of nitrogens with zero attached hydrogens (tertiary/aromatic N) is 1. The summed E-state index contributed by atoms with van der Waals surface area (Å²) in [6.45, 7) is 8.41. The zero-order valence-electron chi connectivity index (χ0n) is 17.6. The van der Waals surface area contributed by atoms with Crippen LogP contribution in [0.2, 0.25) is 19.6 Å². The van der Waals surface area contributed by atoms with E-state index in [0.717, 1.165) is 6.42 Å². The summed E-state index contributed by atoms with van der Waals surface area (Å²) in [5.74, 6) is -3.24. The number of carbonyl (C=O) groups is 2. The van der Waals surface area contributed by atoms with E-state index in [1.54, 1.807) is 19.6 Å². The van der Waals surface area contributed by atoms with Crippen LogP contribution in [0.25, 0.3) is 0 Å². The van der Waals surface area contributed by atoms with Gasteiger partial charge in [-0.15, -0.1) is 0 Å². The fraction of sp³-hybridized carbons (Fsp3) is 0.700. The lowest BCUT2D eigenvalue weighted by Gasteiger charge is -2.50. The van der Waals surface area contributed by atoms with E-state index in [-0.39, 0.29) is 18.2 Å². The number of hydrogen-bond donors (Lipinski definition) is 0. The molecule has 3 rings (SSSR count). The summed E-state index contributed by atoms with van der Waals surface area (Å²) in [5.41, 5.74) is 0.612. The summed E-state index contributed by atoms with van der Waals surface area (Å²) in [5, 5.41) is 0. The number of rotatable bonds is 7. The lowest BCUT2D eigenvalue weighted by molar-refractivity contribution is -0.232. The average molecular weight is 448 g/mol. The normalized spacial score (nSPS) is 29.8. The second-order valence-corrected chi connectivity index (χ2v) is 13.3. The molecular weight excluding hydrogens is 419 g/mol. The van der Waals surface area contributed by atoms with Gasteiger partial charge in [-0.25, -0.2) is 4.79 Å². The molecule has 0 radical (unpaired) electrons. The maximum atomic E-state index is 13.9. The zero-order valence-corrected chi connectivity index (χ0v) is 18.6. The maximum absolute atomic E-state index is 13.9. The monoisotopic (exact) mass is 447 g/mol. The smallest absolute Gasteiger partial charge is 0.414 e. The van der Waals surface area contributed by atoms with Crippen molar-refractivity contribution in [2.24, 2.45) is 11.8 Å². The van der Waals surface area contributed by atoms with Crippen molar-refractivity contribution in [1.82, 2.24) is 4.90 Å². The predicted molar refractivity (Wildman–Crippen MR) is 105 cm³/mol. The largest absolute Gasteiger partial charge is 0.457 e. The Morgan fingerprint density at radius 2 is 2.00 bits per heavy atom. The molecule has 5 atom stereocenters. The van der Waals surface area contributed by atoms with Gasteiger partial charge in [0.25, 0.3) is 0 Å². The Balaban J connectivity index is 2.00. The van der Waals surface area contributed by atoms with Crippen molar-refractivity contribution < 1.29 is 36.7 Å². The van der Waals surface area contributed by atoms with E-state index in [0.29, 0.717) is 18.4 Å².